The van der Waals surface area contributed by atoms with Crippen molar-refractivity contribution in [1.29, 1.82) is 5.41 Å². The molecule has 0 radical (unpaired) electrons. The lowest BCUT2D eigenvalue weighted by molar-refractivity contribution is 0.00658. The molecule has 0 aromatic carbocycles. The third-order valence-corrected chi connectivity index (χ3v) is 5.49. The molecule has 0 aliphatic heterocycles. The Bertz CT molecular complexity index is 286. The van der Waals surface area contributed by atoms with E-state index in [1.807, 2.05) is 0 Å². The number of amidine groups is 1. The Kier molecular flexibility index (Phi) is 1.67. The number of nitrogens with two attached hydrogens (primary N) is 1. The Labute approximate surface area is 93.3 Å². The van der Waals surface area contributed by atoms with E-state index < -0.39 is 0 Å². The highest BCUT2D eigenvalue weighted by atomic mass is 79.9. The molecule has 78 valence electrons. The van der Waals surface area contributed by atoms with Gasteiger partial charge in [0, 0.05) is 9.74 Å². The van der Waals surface area contributed by atoms with E-state index in [4.69, 9.17) is 11.1 Å². The van der Waals surface area contributed by atoms with Gasteiger partial charge in [-0.15, -0.1) is 0 Å². The highest BCUT2D eigenvalue weighted by Gasteiger charge is 2.58. The number of rotatable bonds is 1. The Morgan fingerprint density at radius 3 is 2.21 bits per heavy atom. The third-order valence-electron chi connectivity index (χ3n) is 4.56. The molecular weight excluding hydrogens is 240 g/mol. The Hall–Kier alpha value is -0.0500. The second kappa shape index (κ2) is 2.55. The zero-order valence-electron chi connectivity index (χ0n) is 8.35. The Balaban J connectivity index is 2.00. The van der Waals surface area contributed by atoms with Gasteiger partial charge in [0.1, 0.15) is 0 Å². The SMILES string of the molecule is N=C(N)C12CC3CC(CC(Br)(C3)C1)C2. The van der Waals surface area contributed by atoms with Gasteiger partial charge in [-0.2, -0.15) is 0 Å². The molecular formula is C11H17BrN2. The van der Waals surface area contributed by atoms with Gasteiger partial charge in [0.15, 0.2) is 0 Å². The number of nitrogens with one attached hydrogen (secondary N) is 1. The first-order valence-corrected chi connectivity index (χ1v) is 6.34. The highest BCUT2D eigenvalue weighted by Crippen LogP contribution is 2.64. The van der Waals surface area contributed by atoms with Crippen LogP contribution in [0.5, 0.6) is 0 Å². The molecule has 3 N–H and O–H groups in total. The largest absolute Gasteiger partial charge is 0.387 e. The number of hydrogen-bond acceptors (Lipinski definition) is 1. The molecule has 2 unspecified atom stereocenters. The standard InChI is InChI=1S/C11H17BrN2/c12-11-4-7-1-8(5-11)3-10(2-7,6-11)9(13)14/h7-8H,1-6H2,(H3,13,14). The van der Waals surface area contributed by atoms with Gasteiger partial charge < -0.3 is 5.73 Å². The minimum atomic E-state index is 0.0770. The first-order valence-electron chi connectivity index (χ1n) is 5.55. The van der Waals surface area contributed by atoms with Gasteiger partial charge in [-0.05, 0) is 50.4 Å². The molecule has 4 rings (SSSR count). The van der Waals surface area contributed by atoms with Crippen molar-refractivity contribution in [2.45, 2.75) is 42.8 Å². The van der Waals surface area contributed by atoms with Crippen molar-refractivity contribution in [3.05, 3.63) is 0 Å². The molecule has 4 bridgehead atoms. The second-order valence-corrected chi connectivity index (χ2v) is 7.49. The quantitative estimate of drug-likeness (QED) is 0.423. The lowest BCUT2D eigenvalue weighted by Gasteiger charge is -2.59. The van der Waals surface area contributed by atoms with Crippen molar-refractivity contribution in [3.63, 3.8) is 0 Å². The van der Waals surface area contributed by atoms with Crippen LogP contribution in [0.4, 0.5) is 0 Å². The van der Waals surface area contributed by atoms with Crippen LogP contribution in [-0.2, 0) is 0 Å². The molecule has 4 aliphatic rings. The smallest absolute Gasteiger partial charge is 0.0969 e. The van der Waals surface area contributed by atoms with E-state index >= 15 is 0 Å². The lowest BCUT2D eigenvalue weighted by atomic mass is 9.49. The van der Waals surface area contributed by atoms with Crippen molar-refractivity contribution >= 4 is 21.8 Å². The highest BCUT2D eigenvalue weighted by molar-refractivity contribution is 9.10. The van der Waals surface area contributed by atoms with Crippen LogP contribution in [0.25, 0.3) is 0 Å². The summed E-state index contributed by atoms with van der Waals surface area (Å²) in [7, 11) is 0. The van der Waals surface area contributed by atoms with E-state index in [-0.39, 0.29) is 5.41 Å². The van der Waals surface area contributed by atoms with Gasteiger partial charge in [0.25, 0.3) is 0 Å². The predicted octanol–water partition coefficient (Wildman–Crippen LogP) is 2.66. The van der Waals surface area contributed by atoms with Gasteiger partial charge in [-0.3, -0.25) is 5.41 Å². The predicted molar refractivity (Wildman–Crippen MR) is 60.7 cm³/mol. The summed E-state index contributed by atoms with van der Waals surface area (Å²) >= 11 is 3.91. The molecule has 0 amide bonds. The Morgan fingerprint density at radius 2 is 1.79 bits per heavy atom. The van der Waals surface area contributed by atoms with E-state index in [2.05, 4.69) is 15.9 Å². The summed E-state index contributed by atoms with van der Waals surface area (Å²) in [5.41, 5.74) is 5.89. The molecule has 2 nitrogen and oxygen atoms in total. The fourth-order valence-electron chi connectivity index (χ4n) is 4.47. The van der Waals surface area contributed by atoms with E-state index in [9.17, 15) is 0 Å². The zero-order valence-corrected chi connectivity index (χ0v) is 9.94. The fraction of sp³-hybridized carbons (Fsp3) is 0.909. The molecule has 0 saturated heterocycles. The average molecular weight is 257 g/mol. The van der Waals surface area contributed by atoms with Crippen molar-refractivity contribution in [3.8, 4) is 0 Å². The second-order valence-electron chi connectivity index (χ2n) is 5.81. The fourth-order valence-corrected chi connectivity index (χ4v) is 5.92. The molecule has 4 saturated carbocycles. The third kappa shape index (κ3) is 1.11. The van der Waals surface area contributed by atoms with Crippen molar-refractivity contribution < 1.29 is 0 Å². The van der Waals surface area contributed by atoms with Crippen LogP contribution in [0, 0.1) is 22.7 Å². The van der Waals surface area contributed by atoms with E-state index in [0.29, 0.717) is 10.2 Å². The summed E-state index contributed by atoms with van der Waals surface area (Å²) in [6.07, 6.45) is 7.51. The summed E-state index contributed by atoms with van der Waals surface area (Å²) < 4.78 is 0.336. The van der Waals surface area contributed by atoms with Crippen molar-refractivity contribution in [2.75, 3.05) is 0 Å². The average Bonchev–Trinajstić information content (AvgIpc) is 1.98. The molecule has 0 aromatic heterocycles. The number of alkyl halides is 1. The molecule has 3 heteroatoms. The maximum atomic E-state index is 7.81. The Morgan fingerprint density at radius 1 is 1.21 bits per heavy atom. The van der Waals surface area contributed by atoms with Gasteiger partial charge in [0.05, 0.1) is 5.84 Å². The summed E-state index contributed by atoms with van der Waals surface area (Å²) in [5.74, 6) is 2.12. The minimum absolute atomic E-state index is 0.0770. The van der Waals surface area contributed by atoms with Crippen LogP contribution in [0.1, 0.15) is 38.5 Å². The molecule has 0 aromatic rings. The van der Waals surface area contributed by atoms with Crippen molar-refractivity contribution in [1.82, 2.24) is 0 Å². The van der Waals surface area contributed by atoms with E-state index in [1.54, 1.807) is 0 Å². The van der Waals surface area contributed by atoms with Crippen LogP contribution in [0.3, 0.4) is 0 Å². The molecule has 0 heterocycles. The molecule has 2 atom stereocenters. The maximum Gasteiger partial charge on any atom is 0.0969 e. The van der Waals surface area contributed by atoms with E-state index in [0.717, 1.165) is 18.3 Å². The van der Waals surface area contributed by atoms with Crippen LogP contribution in [0.2, 0.25) is 0 Å². The van der Waals surface area contributed by atoms with Gasteiger partial charge in [0.2, 0.25) is 0 Å². The van der Waals surface area contributed by atoms with Crippen LogP contribution >= 0.6 is 15.9 Å². The first kappa shape index (κ1) is 9.20. The van der Waals surface area contributed by atoms with Gasteiger partial charge in [-0.1, -0.05) is 15.9 Å². The minimum Gasteiger partial charge on any atom is -0.387 e. The summed E-state index contributed by atoms with van der Waals surface area (Å²) in [5, 5.41) is 7.81. The summed E-state index contributed by atoms with van der Waals surface area (Å²) in [6, 6.07) is 0. The van der Waals surface area contributed by atoms with E-state index in [1.165, 1.54) is 32.1 Å². The van der Waals surface area contributed by atoms with Crippen LogP contribution < -0.4 is 5.73 Å². The molecule has 14 heavy (non-hydrogen) atoms. The molecule has 4 aliphatic carbocycles. The summed E-state index contributed by atoms with van der Waals surface area (Å²) in [6.45, 7) is 0. The van der Waals surface area contributed by atoms with Crippen LogP contribution in [-0.4, -0.2) is 10.2 Å². The maximum absolute atomic E-state index is 7.81. The van der Waals surface area contributed by atoms with Crippen LogP contribution in [0.15, 0.2) is 0 Å². The lowest BCUT2D eigenvalue weighted by Crippen LogP contribution is -2.57. The summed E-state index contributed by atoms with van der Waals surface area (Å²) in [4.78, 5) is 0. The molecule has 0 spiro atoms. The first-order chi connectivity index (χ1) is 6.51. The number of hydrogen-bond donors (Lipinski definition) is 2. The molecule has 4 fully saturated rings. The topological polar surface area (TPSA) is 49.9 Å². The number of halogens is 1. The zero-order chi connectivity index (χ0) is 9.97. The van der Waals surface area contributed by atoms with Gasteiger partial charge in [-0.25, -0.2) is 0 Å². The normalized spacial score (nSPS) is 54.9. The van der Waals surface area contributed by atoms with Gasteiger partial charge >= 0.3 is 0 Å². The van der Waals surface area contributed by atoms with Crippen molar-refractivity contribution in [2.24, 2.45) is 23.0 Å². The monoisotopic (exact) mass is 256 g/mol.